The molecule has 0 N–H and O–H groups in total. The van der Waals surface area contributed by atoms with Crippen LogP contribution in [0.3, 0.4) is 0 Å². The molecule has 0 bridgehead atoms. The number of aromatic nitrogens is 2. The van der Waals surface area contributed by atoms with Gasteiger partial charge in [0, 0.05) is 28.4 Å². The molecule has 1 atom stereocenters. The third-order valence-corrected chi connectivity index (χ3v) is 4.12. The highest BCUT2D eigenvalue weighted by Crippen LogP contribution is 2.31. The summed E-state index contributed by atoms with van der Waals surface area (Å²) in [5.74, 6) is -1.05. The van der Waals surface area contributed by atoms with E-state index in [1.54, 1.807) is 42.7 Å². The Labute approximate surface area is 165 Å². The van der Waals surface area contributed by atoms with Crippen LogP contribution in [0.25, 0.3) is 0 Å². The Morgan fingerprint density at radius 2 is 2.04 bits per heavy atom. The third kappa shape index (κ3) is 4.55. The smallest absolute Gasteiger partial charge is 0.165 e. The minimum absolute atomic E-state index is 0.0435. The zero-order valence-electron chi connectivity index (χ0n) is 14.4. The average Bonchev–Trinajstić information content (AvgIpc) is 2.72. The van der Waals surface area contributed by atoms with Crippen LogP contribution in [0.5, 0.6) is 11.5 Å². The predicted molar refractivity (Wildman–Crippen MR) is 97.3 cm³/mol. The van der Waals surface area contributed by atoms with Crippen molar-refractivity contribution in [3.63, 3.8) is 0 Å². The molecule has 0 saturated heterocycles. The van der Waals surface area contributed by atoms with Crippen LogP contribution in [-0.2, 0) is 11.4 Å². The van der Waals surface area contributed by atoms with Crippen molar-refractivity contribution in [3.8, 4) is 17.6 Å². The highest BCUT2D eigenvalue weighted by molar-refractivity contribution is 6.31. The number of aliphatic carboxylic acids is 1. The number of carbonyl (C=O) groups is 1. The standard InChI is InChI=1S/C20H14ClN3O4/c21-17-4-2-1-3-16(17)19(20(25)26)28-18-9-15(6-5-14(18)10-22)27-12-13-7-8-23-24-11-13/h1-9,11,19H,12H2,(H,25,26)/p-1. The van der Waals surface area contributed by atoms with Crippen LogP contribution in [0.15, 0.2) is 60.9 Å². The molecule has 1 heterocycles. The number of ether oxygens (including phenoxy) is 2. The second-order valence-electron chi connectivity index (χ2n) is 5.65. The SMILES string of the molecule is N#Cc1ccc(OCc2ccnnc2)cc1OC(C(=O)[O-])c1ccccc1Cl. The first-order chi connectivity index (χ1) is 13.6. The minimum atomic E-state index is -1.49. The van der Waals surface area contributed by atoms with Gasteiger partial charge in [0.05, 0.1) is 17.7 Å². The van der Waals surface area contributed by atoms with Crippen LogP contribution >= 0.6 is 11.6 Å². The third-order valence-electron chi connectivity index (χ3n) is 3.77. The molecule has 0 aliphatic rings. The molecule has 0 fully saturated rings. The number of nitrogens with zero attached hydrogens (tertiary/aromatic N) is 3. The lowest BCUT2D eigenvalue weighted by molar-refractivity contribution is -0.314. The predicted octanol–water partition coefficient (Wildman–Crippen LogP) is 2.45. The quantitative estimate of drug-likeness (QED) is 0.605. The van der Waals surface area contributed by atoms with Crippen LogP contribution in [0.4, 0.5) is 0 Å². The van der Waals surface area contributed by atoms with Gasteiger partial charge in [0.25, 0.3) is 0 Å². The Bertz CT molecular complexity index is 1020. The zero-order valence-corrected chi connectivity index (χ0v) is 15.2. The number of hydrogen-bond acceptors (Lipinski definition) is 7. The zero-order chi connectivity index (χ0) is 19.9. The Morgan fingerprint density at radius 1 is 1.21 bits per heavy atom. The van der Waals surface area contributed by atoms with Gasteiger partial charge in [-0.3, -0.25) is 0 Å². The van der Waals surface area contributed by atoms with Gasteiger partial charge in [0.1, 0.15) is 24.2 Å². The molecular weight excluding hydrogens is 382 g/mol. The van der Waals surface area contributed by atoms with Crippen LogP contribution in [0, 0.1) is 11.3 Å². The highest BCUT2D eigenvalue weighted by atomic mass is 35.5. The van der Waals surface area contributed by atoms with Gasteiger partial charge in [0.15, 0.2) is 6.10 Å². The molecule has 0 aliphatic heterocycles. The second kappa shape index (κ2) is 8.84. The summed E-state index contributed by atoms with van der Waals surface area (Å²) in [4.78, 5) is 11.6. The van der Waals surface area contributed by atoms with Gasteiger partial charge in [-0.2, -0.15) is 15.5 Å². The first-order valence-corrected chi connectivity index (χ1v) is 8.50. The molecule has 7 nitrogen and oxygen atoms in total. The van der Waals surface area contributed by atoms with Crippen LogP contribution in [0.2, 0.25) is 5.02 Å². The Kier molecular flexibility index (Phi) is 6.04. The maximum atomic E-state index is 11.6. The molecule has 0 aliphatic carbocycles. The van der Waals surface area contributed by atoms with E-state index in [4.69, 9.17) is 21.1 Å². The molecule has 140 valence electrons. The molecule has 1 unspecified atom stereocenters. The molecule has 3 aromatic rings. The van der Waals surface area contributed by atoms with E-state index in [1.165, 1.54) is 18.2 Å². The van der Waals surface area contributed by atoms with Crippen molar-refractivity contribution in [2.45, 2.75) is 12.7 Å². The van der Waals surface area contributed by atoms with Crippen molar-refractivity contribution in [1.29, 1.82) is 5.26 Å². The largest absolute Gasteiger partial charge is 0.546 e. The van der Waals surface area contributed by atoms with Crippen LogP contribution in [-0.4, -0.2) is 16.2 Å². The van der Waals surface area contributed by atoms with E-state index in [0.29, 0.717) is 5.75 Å². The van der Waals surface area contributed by atoms with Crippen molar-refractivity contribution in [2.24, 2.45) is 0 Å². The number of halogens is 1. The normalized spacial score (nSPS) is 11.3. The molecule has 1 aromatic heterocycles. The molecule has 0 radical (unpaired) electrons. The molecular formula is C20H13ClN3O4-. The monoisotopic (exact) mass is 394 g/mol. The number of carboxylic acids is 1. The number of rotatable bonds is 7. The number of nitriles is 1. The van der Waals surface area contributed by atoms with E-state index in [-0.39, 0.29) is 28.5 Å². The Balaban J connectivity index is 1.86. The van der Waals surface area contributed by atoms with E-state index in [2.05, 4.69) is 10.2 Å². The Morgan fingerprint density at radius 3 is 2.71 bits per heavy atom. The lowest BCUT2D eigenvalue weighted by atomic mass is 10.1. The average molecular weight is 395 g/mol. The van der Waals surface area contributed by atoms with E-state index in [1.807, 2.05) is 6.07 Å². The first-order valence-electron chi connectivity index (χ1n) is 8.13. The summed E-state index contributed by atoms with van der Waals surface area (Å²) < 4.78 is 11.2. The van der Waals surface area contributed by atoms with Crippen LogP contribution in [0.1, 0.15) is 22.8 Å². The summed E-state index contributed by atoms with van der Waals surface area (Å²) in [6, 6.07) is 14.6. The van der Waals surface area contributed by atoms with Crippen molar-refractivity contribution in [1.82, 2.24) is 10.2 Å². The summed E-state index contributed by atoms with van der Waals surface area (Å²) >= 11 is 6.08. The molecule has 0 amide bonds. The molecule has 0 saturated carbocycles. The van der Waals surface area contributed by atoms with Crippen molar-refractivity contribution >= 4 is 17.6 Å². The number of hydrogen-bond donors (Lipinski definition) is 0. The first kappa shape index (κ1) is 19.1. The van der Waals surface area contributed by atoms with Crippen molar-refractivity contribution in [3.05, 3.63) is 82.6 Å². The number of benzene rings is 2. The highest BCUT2D eigenvalue weighted by Gasteiger charge is 2.20. The van der Waals surface area contributed by atoms with E-state index in [9.17, 15) is 15.2 Å². The van der Waals surface area contributed by atoms with Gasteiger partial charge in [-0.05, 0) is 24.3 Å². The molecule has 8 heteroatoms. The topological polar surface area (TPSA) is 108 Å². The van der Waals surface area contributed by atoms with Crippen molar-refractivity contribution < 1.29 is 19.4 Å². The Hall–Kier alpha value is -3.63. The minimum Gasteiger partial charge on any atom is -0.546 e. The fourth-order valence-electron chi connectivity index (χ4n) is 2.41. The molecule has 2 aromatic carbocycles. The lowest BCUT2D eigenvalue weighted by Gasteiger charge is -2.22. The summed E-state index contributed by atoms with van der Waals surface area (Å²) in [5, 5.41) is 28.6. The number of carbonyl (C=O) groups excluding carboxylic acids is 1. The summed E-state index contributed by atoms with van der Waals surface area (Å²) in [7, 11) is 0. The van der Waals surface area contributed by atoms with Crippen LogP contribution < -0.4 is 14.6 Å². The second-order valence-corrected chi connectivity index (χ2v) is 6.05. The summed E-state index contributed by atoms with van der Waals surface area (Å²) in [6.07, 6.45) is 1.62. The fourth-order valence-corrected chi connectivity index (χ4v) is 2.64. The van der Waals surface area contributed by atoms with Gasteiger partial charge in [-0.15, -0.1) is 0 Å². The molecule has 0 spiro atoms. The molecule has 28 heavy (non-hydrogen) atoms. The molecule has 3 rings (SSSR count). The van der Waals surface area contributed by atoms with Gasteiger partial charge in [-0.1, -0.05) is 29.8 Å². The van der Waals surface area contributed by atoms with Gasteiger partial charge in [-0.25, -0.2) is 0 Å². The fraction of sp³-hybridized carbons (Fsp3) is 0.100. The van der Waals surface area contributed by atoms with E-state index in [0.717, 1.165) is 5.56 Å². The van der Waals surface area contributed by atoms with E-state index >= 15 is 0 Å². The van der Waals surface area contributed by atoms with Gasteiger partial charge < -0.3 is 19.4 Å². The maximum Gasteiger partial charge on any atom is 0.165 e. The number of carboxylic acid groups (broad SMARTS) is 1. The maximum absolute atomic E-state index is 11.6. The summed E-state index contributed by atoms with van der Waals surface area (Å²) in [6.45, 7) is 0.218. The van der Waals surface area contributed by atoms with E-state index < -0.39 is 12.1 Å². The van der Waals surface area contributed by atoms with Gasteiger partial charge in [0.2, 0.25) is 0 Å². The summed E-state index contributed by atoms with van der Waals surface area (Å²) in [5.41, 5.74) is 1.17. The van der Waals surface area contributed by atoms with Gasteiger partial charge >= 0.3 is 0 Å². The lowest BCUT2D eigenvalue weighted by Crippen LogP contribution is -2.33. The van der Waals surface area contributed by atoms with Crippen molar-refractivity contribution in [2.75, 3.05) is 0 Å².